The highest BCUT2D eigenvalue weighted by molar-refractivity contribution is 6.32. The smallest absolute Gasteiger partial charge is 0.253 e. The number of nitrogens with zero attached hydrogens (tertiary/aromatic N) is 5. The summed E-state index contributed by atoms with van der Waals surface area (Å²) in [7, 11) is 5.74. The van der Waals surface area contributed by atoms with Gasteiger partial charge in [0.2, 0.25) is 0 Å². The lowest BCUT2D eigenvalue weighted by molar-refractivity contribution is -0.123. The number of halogens is 3. The molecule has 5 rings (SSSR count). The number of allylic oxidation sites excluding steroid dienone is 2. The van der Waals surface area contributed by atoms with Crippen LogP contribution in [-0.2, 0) is 4.79 Å². The second kappa shape index (κ2) is 14.5. The van der Waals surface area contributed by atoms with Crippen LogP contribution in [0.4, 0.5) is 5.69 Å². The van der Waals surface area contributed by atoms with E-state index in [4.69, 9.17) is 21.4 Å². The summed E-state index contributed by atoms with van der Waals surface area (Å²) in [5.74, 6) is 0.378. The van der Waals surface area contributed by atoms with E-state index in [9.17, 15) is 9.59 Å². The second-order valence-electron chi connectivity index (χ2n) is 10.6. The number of amides is 2. The van der Waals surface area contributed by atoms with E-state index in [0.717, 1.165) is 43.9 Å². The number of likely N-dealkylation sites (N-methyl/N-ethyl adjacent to an activating group) is 1. The summed E-state index contributed by atoms with van der Waals surface area (Å²) in [4.78, 5) is 33.2. The minimum absolute atomic E-state index is 0. The normalized spacial score (nSPS) is 20.6. The second-order valence-corrected chi connectivity index (χ2v) is 11.0. The number of hydrogen-bond acceptors (Lipinski definition) is 6. The van der Waals surface area contributed by atoms with E-state index < -0.39 is 0 Å². The third-order valence-corrected chi connectivity index (χ3v) is 8.14. The van der Waals surface area contributed by atoms with Crippen molar-refractivity contribution in [2.24, 2.45) is 16.9 Å². The third kappa shape index (κ3) is 7.24. The van der Waals surface area contributed by atoms with Gasteiger partial charge in [-0.15, -0.1) is 24.8 Å². The van der Waals surface area contributed by atoms with Crippen LogP contribution in [0.5, 0.6) is 5.75 Å². The largest absolute Gasteiger partial charge is 0.495 e. The number of anilines is 1. The quantitative estimate of drug-likeness (QED) is 0.414. The van der Waals surface area contributed by atoms with Gasteiger partial charge in [0.05, 0.1) is 29.4 Å². The van der Waals surface area contributed by atoms with Crippen molar-refractivity contribution >= 4 is 59.6 Å². The molecule has 0 bridgehead atoms. The maximum absolute atomic E-state index is 13.6. The van der Waals surface area contributed by atoms with Crippen LogP contribution < -0.4 is 9.75 Å². The molecule has 41 heavy (non-hydrogen) atoms. The summed E-state index contributed by atoms with van der Waals surface area (Å²) in [6, 6.07) is 12.9. The SMILES string of the molecule is COc1ccc(C2=NN(c3ccc(C(=O)N4CCN(CCN(C)C)CC4)cc3)C(=O)[C@H]3CC=CC[C@@H]23)cc1Cl.Cl.Cl. The van der Waals surface area contributed by atoms with Gasteiger partial charge in [-0.1, -0.05) is 23.8 Å². The Labute approximate surface area is 259 Å². The molecule has 0 aromatic heterocycles. The van der Waals surface area contributed by atoms with Crippen molar-refractivity contribution in [2.45, 2.75) is 12.8 Å². The number of carbonyl (C=O) groups excluding carboxylic acids is 2. The number of rotatable bonds is 7. The standard InChI is InChI=1S/C30H36ClN5O3.2ClH/c1-33(2)14-15-34-16-18-35(19-17-34)29(37)21-8-11-23(12-9-21)36-30(38)25-7-5-4-6-24(25)28(32-36)22-10-13-27(39-3)26(31)20-22;;/h4-5,8-13,20,24-25H,6-7,14-19H2,1-3H3;2*1H/t24-,25+;;/m1../s1. The summed E-state index contributed by atoms with van der Waals surface area (Å²) >= 11 is 6.44. The lowest BCUT2D eigenvalue weighted by Crippen LogP contribution is -2.50. The van der Waals surface area contributed by atoms with Crippen LogP contribution in [0.1, 0.15) is 28.8 Å². The van der Waals surface area contributed by atoms with Gasteiger partial charge in [0.15, 0.2) is 0 Å². The zero-order valence-electron chi connectivity index (χ0n) is 23.7. The number of fused-ring (bicyclic) bond motifs is 1. The molecule has 0 N–H and O–H groups in total. The van der Waals surface area contributed by atoms with Gasteiger partial charge in [-0.25, -0.2) is 5.01 Å². The fourth-order valence-electron chi connectivity index (χ4n) is 5.50. The van der Waals surface area contributed by atoms with Crippen molar-refractivity contribution in [3.05, 3.63) is 70.8 Å². The first-order valence-corrected chi connectivity index (χ1v) is 13.9. The Balaban J connectivity index is 0.00000231. The Morgan fingerprint density at radius 2 is 1.66 bits per heavy atom. The molecule has 8 nitrogen and oxygen atoms in total. The first kappa shape index (κ1) is 32.9. The molecule has 222 valence electrons. The van der Waals surface area contributed by atoms with Gasteiger partial charge in [0, 0.05) is 50.7 Å². The Morgan fingerprint density at radius 3 is 2.27 bits per heavy atom. The minimum Gasteiger partial charge on any atom is -0.495 e. The van der Waals surface area contributed by atoms with Gasteiger partial charge in [-0.3, -0.25) is 14.5 Å². The number of carbonyl (C=O) groups is 2. The number of methoxy groups -OCH3 is 1. The molecule has 0 saturated carbocycles. The number of hydrogen-bond donors (Lipinski definition) is 0. The van der Waals surface area contributed by atoms with E-state index in [1.165, 1.54) is 5.01 Å². The van der Waals surface area contributed by atoms with Gasteiger partial charge >= 0.3 is 0 Å². The maximum atomic E-state index is 13.6. The predicted octanol–water partition coefficient (Wildman–Crippen LogP) is 4.84. The molecular formula is C30H38Cl3N5O3. The van der Waals surface area contributed by atoms with Crippen LogP contribution >= 0.6 is 36.4 Å². The van der Waals surface area contributed by atoms with E-state index in [1.54, 1.807) is 19.2 Å². The van der Waals surface area contributed by atoms with Gasteiger partial charge < -0.3 is 14.5 Å². The molecule has 1 aliphatic carbocycles. The molecule has 2 heterocycles. The zero-order chi connectivity index (χ0) is 27.5. The molecule has 0 unspecified atom stereocenters. The first-order valence-electron chi connectivity index (χ1n) is 13.5. The van der Waals surface area contributed by atoms with Crippen molar-refractivity contribution in [2.75, 3.05) is 65.5 Å². The van der Waals surface area contributed by atoms with E-state index in [1.807, 2.05) is 35.2 Å². The van der Waals surface area contributed by atoms with Gasteiger partial charge in [0.25, 0.3) is 11.8 Å². The highest BCUT2D eigenvalue weighted by Crippen LogP contribution is 2.37. The fraction of sp³-hybridized carbons (Fsp3) is 0.433. The van der Waals surface area contributed by atoms with E-state index in [2.05, 4.69) is 36.0 Å². The molecule has 2 aromatic rings. The molecule has 3 aliphatic rings. The van der Waals surface area contributed by atoms with Crippen molar-refractivity contribution in [3.8, 4) is 5.75 Å². The fourth-order valence-corrected chi connectivity index (χ4v) is 5.76. The molecule has 2 aliphatic heterocycles. The number of piperazine rings is 1. The summed E-state index contributed by atoms with van der Waals surface area (Å²) < 4.78 is 5.32. The molecule has 2 amide bonds. The van der Waals surface area contributed by atoms with Crippen molar-refractivity contribution in [1.29, 1.82) is 0 Å². The van der Waals surface area contributed by atoms with Gasteiger partial charge in [0.1, 0.15) is 5.75 Å². The van der Waals surface area contributed by atoms with Gasteiger partial charge in [-0.05, 0) is 75.0 Å². The van der Waals surface area contributed by atoms with E-state index in [-0.39, 0.29) is 48.5 Å². The molecule has 11 heteroatoms. The maximum Gasteiger partial charge on any atom is 0.253 e. The third-order valence-electron chi connectivity index (χ3n) is 7.85. The Morgan fingerprint density at radius 1 is 1.00 bits per heavy atom. The Hall–Kier alpha value is -2.62. The topological polar surface area (TPSA) is 68.7 Å². The summed E-state index contributed by atoms with van der Waals surface area (Å²) in [5, 5.41) is 6.85. The Bertz CT molecular complexity index is 1280. The number of ether oxygens (including phenoxy) is 1. The highest BCUT2D eigenvalue weighted by atomic mass is 35.5. The highest BCUT2D eigenvalue weighted by Gasteiger charge is 2.40. The van der Waals surface area contributed by atoms with Gasteiger partial charge in [-0.2, -0.15) is 5.10 Å². The lowest BCUT2D eigenvalue weighted by atomic mass is 9.76. The number of benzene rings is 2. The van der Waals surface area contributed by atoms with Crippen LogP contribution in [0.15, 0.2) is 59.7 Å². The summed E-state index contributed by atoms with van der Waals surface area (Å²) in [5.41, 5.74) is 2.98. The molecule has 0 spiro atoms. The molecular weight excluding hydrogens is 585 g/mol. The van der Waals surface area contributed by atoms with Crippen LogP contribution in [0, 0.1) is 11.8 Å². The van der Waals surface area contributed by atoms with Crippen LogP contribution in [0.3, 0.4) is 0 Å². The zero-order valence-corrected chi connectivity index (χ0v) is 26.1. The van der Waals surface area contributed by atoms with Crippen molar-refractivity contribution < 1.29 is 14.3 Å². The Kier molecular flexibility index (Phi) is 11.6. The van der Waals surface area contributed by atoms with E-state index in [0.29, 0.717) is 41.5 Å². The monoisotopic (exact) mass is 621 g/mol. The lowest BCUT2D eigenvalue weighted by Gasteiger charge is -2.37. The van der Waals surface area contributed by atoms with Crippen LogP contribution in [0.25, 0.3) is 0 Å². The van der Waals surface area contributed by atoms with Crippen molar-refractivity contribution in [1.82, 2.24) is 14.7 Å². The molecule has 2 aromatic carbocycles. The molecule has 2 atom stereocenters. The average Bonchev–Trinajstić information content (AvgIpc) is 2.96. The summed E-state index contributed by atoms with van der Waals surface area (Å²) in [6.45, 7) is 5.21. The molecule has 1 fully saturated rings. The minimum atomic E-state index is -0.200. The average molecular weight is 623 g/mol. The van der Waals surface area contributed by atoms with E-state index >= 15 is 0 Å². The molecule has 0 radical (unpaired) electrons. The van der Waals surface area contributed by atoms with Crippen LogP contribution in [-0.4, -0.2) is 92.7 Å². The number of hydrazone groups is 1. The molecule has 1 saturated heterocycles. The van der Waals surface area contributed by atoms with Crippen LogP contribution in [0.2, 0.25) is 5.02 Å². The predicted molar refractivity (Wildman–Crippen MR) is 169 cm³/mol. The van der Waals surface area contributed by atoms with Crippen molar-refractivity contribution in [3.63, 3.8) is 0 Å². The summed E-state index contributed by atoms with van der Waals surface area (Å²) in [6.07, 6.45) is 5.61. The first-order chi connectivity index (χ1) is 18.9.